The molecule has 0 rings (SSSR count). The average Bonchev–Trinajstić information content (AvgIpc) is 2.48. The van der Waals surface area contributed by atoms with Crippen molar-refractivity contribution >= 4 is 11.9 Å². The first kappa shape index (κ1) is 22.9. The molecule has 0 aliphatic carbocycles. The highest BCUT2D eigenvalue weighted by molar-refractivity contribution is 5.84. The molecule has 0 aromatic rings. The first-order valence-corrected chi connectivity index (χ1v) is 9.61. The molecule has 0 heterocycles. The van der Waals surface area contributed by atoms with Crippen LogP contribution in [0.3, 0.4) is 0 Å². The zero-order valence-electron chi connectivity index (χ0n) is 16.6. The van der Waals surface area contributed by atoms with E-state index in [1.54, 1.807) is 0 Å². The van der Waals surface area contributed by atoms with E-state index in [0.717, 1.165) is 25.7 Å². The van der Waals surface area contributed by atoms with Crippen LogP contribution in [0.1, 0.15) is 86.5 Å². The van der Waals surface area contributed by atoms with Gasteiger partial charge in [0.15, 0.2) is 0 Å². The predicted molar refractivity (Wildman–Crippen MR) is 97.9 cm³/mol. The molecule has 0 saturated heterocycles. The number of carboxylic acids is 1. The topological polar surface area (TPSA) is 63.6 Å². The van der Waals surface area contributed by atoms with E-state index in [1.807, 2.05) is 34.6 Å². The molecule has 0 bridgehead atoms. The number of rotatable bonds is 13. The van der Waals surface area contributed by atoms with Gasteiger partial charge in [-0.1, -0.05) is 60.8 Å². The molecule has 142 valence electrons. The fraction of sp³-hybridized carbons (Fsp3) is 0.900. The third-order valence-electron chi connectivity index (χ3n) is 4.56. The lowest BCUT2D eigenvalue weighted by atomic mass is 9.65. The van der Waals surface area contributed by atoms with Crippen LogP contribution < -0.4 is 0 Å². The van der Waals surface area contributed by atoms with Gasteiger partial charge >= 0.3 is 11.9 Å². The van der Waals surface area contributed by atoms with Crippen LogP contribution in [-0.4, -0.2) is 23.7 Å². The summed E-state index contributed by atoms with van der Waals surface area (Å²) in [5, 5.41) is 9.88. The van der Waals surface area contributed by atoms with Crippen molar-refractivity contribution in [2.75, 3.05) is 6.61 Å². The minimum Gasteiger partial charge on any atom is -0.481 e. The zero-order chi connectivity index (χ0) is 18.8. The Balaban J connectivity index is 5.74. The highest BCUT2D eigenvalue weighted by Gasteiger charge is 2.50. The summed E-state index contributed by atoms with van der Waals surface area (Å²) in [5.74, 6) is -1.38. The number of ether oxygens (including phenoxy) is 1. The number of carboxylic acid groups (broad SMARTS) is 1. The van der Waals surface area contributed by atoms with Gasteiger partial charge in [-0.3, -0.25) is 9.59 Å². The highest BCUT2D eigenvalue weighted by atomic mass is 16.5. The molecule has 0 aliphatic heterocycles. The second-order valence-electron chi connectivity index (χ2n) is 7.87. The van der Waals surface area contributed by atoms with E-state index in [9.17, 15) is 14.7 Å². The number of esters is 1. The van der Waals surface area contributed by atoms with Gasteiger partial charge in [-0.2, -0.15) is 0 Å². The fourth-order valence-electron chi connectivity index (χ4n) is 3.45. The van der Waals surface area contributed by atoms with Crippen molar-refractivity contribution in [3.8, 4) is 0 Å². The predicted octanol–water partition coefficient (Wildman–Crippen LogP) is 5.30. The summed E-state index contributed by atoms with van der Waals surface area (Å²) >= 11 is 0. The van der Waals surface area contributed by atoms with E-state index < -0.39 is 17.3 Å². The van der Waals surface area contributed by atoms with Crippen molar-refractivity contribution in [3.05, 3.63) is 0 Å². The van der Waals surface area contributed by atoms with Gasteiger partial charge in [-0.05, 0) is 37.5 Å². The van der Waals surface area contributed by atoms with Gasteiger partial charge in [0.1, 0.15) is 0 Å². The molecule has 1 N–H and O–H groups in total. The first-order chi connectivity index (χ1) is 11.2. The molecule has 0 fully saturated rings. The summed E-state index contributed by atoms with van der Waals surface area (Å²) in [7, 11) is 0. The Labute approximate surface area is 148 Å². The molecule has 4 heteroatoms. The lowest BCUT2D eigenvalue weighted by molar-refractivity contribution is -0.171. The largest absolute Gasteiger partial charge is 0.481 e. The standard InChI is InChI=1S/C20H38O4/c1-7-9-11-20(14-16(5)6,19(23)24-12-10-8-2)17(18(21)22)13-15(3)4/h15-17H,7-14H2,1-6H3,(H,21,22). The van der Waals surface area contributed by atoms with Crippen molar-refractivity contribution in [2.24, 2.45) is 23.2 Å². The van der Waals surface area contributed by atoms with Crippen LogP contribution in [0, 0.1) is 23.2 Å². The number of hydrogen-bond donors (Lipinski definition) is 1. The number of hydrogen-bond acceptors (Lipinski definition) is 3. The monoisotopic (exact) mass is 342 g/mol. The summed E-state index contributed by atoms with van der Waals surface area (Å²) in [5.41, 5.74) is -0.909. The van der Waals surface area contributed by atoms with E-state index in [4.69, 9.17) is 4.74 Å². The Morgan fingerprint density at radius 2 is 1.58 bits per heavy atom. The molecule has 0 amide bonds. The van der Waals surface area contributed by atoms with Gasteiger partial charge in [0.25, 0.3) is 0 Å². The molecule has 0 aromatic heterocycles. The normalized spacial score (nSPS) is 15.3. The smallest absolute Gasteiger partial charge is 0.312 e. The Hall–Kier alpha value is -1.06. The molecule has 0 saturated carbocycles. The van der Waals surface area contributed by atoms with E-state index in [0.29, 0.717) is 25.9 Å². The number of aliphatic carboxylic acids is 1. The van der Waals surface area contributed by atoms with Gasteiger partial charge in [0.05, 0.1) is 17.9 Å². The second-order valence-corrected chi connectivity index (χ2v) is 7.87. The summed E-state index contributed by atoms with van der Waals surface area (Å²) in [6.45, 7) is 12.6. The summed E-state index contributed by atoms with van der Waals surface area (Å²) in [4.78, 5) is 25.1. The lowest BCUT2D eigenvalue weighted by Crippen LogP contribution is -2.45. The summed E-state index contributed by atoms with van der Waals surface area (Å²) in [6, 6.07) is 0. The molecular formula is C20H38O4. The number of carbonyl (C=O) groups is 2. The minimum absolute atomic E-state index is 0.225. The van der Waals surface area contributed by atoms with E-state index >= 15 is 0 Å². The molecule has 0 aliphatic rings. The molecule has 0 spiro atoms. The van der Waals surface area contributed by atoms with Gasteiger partial charge in [0.2, 0.25) is 0 Å². The fourth-order valence-corrected chi connectivity index (χ4v) is 3.45. The van der Waals surface area contributed by atoms with E-state index in [2.05, 4.69) is 6.92 Å². The highest BCUT2D eigenvalue weighted by Crippen LogP contribution is 2.44. The molecule has 0 aromatic carbocycles. The number of unbranched alkanes of at least 4 members (excludes halogenated alkanes) is 2. The first-order valence-electron chi connectivity index (χ1n) is 9.61. The van der Waals surface area contributed by atoms with Crippen LogP contribution >= 0.6 is 0 Å². The maximum absolute atomic E-state index is 13.0. The van der Waals surface area contributed by atoms with Crippen LogP contribution in [0.15, 0.2) is 0 Å². The van der Waals surface area contributed by atoms with Crippen molar-refractivity contribution in [1.29, 1.82) is 0 Å². The minimum atomic E-state index is -0.909. The van der Waals surface area contributed by atoms with Crippen molar-refractivity contribution in [2.45, 2.75) is 86.5 Å². The molecule has 24 heavy (non-hydrogen) atoms. The van der Waals surface area contributed by atoms with Crippen molar-refractivity contribution in [3.63, 3.8) is 0 Å². The van der Waals surface area contributed by atoms with Crippen molar-refractivity contribution < 1.29 is 19.4 Å². The van der Waals surface area contributed by atoms with Gasteiger partial charge < -0.3 is 9.84 Å². The Morgan fingerprint density at radius 3 is 2.00 bits per heavy atom. The molecule has 2 unspecified atom stereocenters. The molecular weight excluding hydrogens is 304 g/mol. The zero-order valence-corrected chi connectivity index (χ0v) is 16.6. The van der Waals surface area contributed by atoms with Crippen LogP contribution in [0.2, 0.25) is 0 Å². The quantitative estimate of drug-likeness (QED) is 0.364. The lowest BCUT2D eigenvalue weighted by Gasteiger charge is -2.38. The van der Waals surface area contributed by atoms with Crippen LogP contribution in [-0.2, 0) is 14.3 Å². The summed E-state index contributed by atoms with van der Waals surface area (Å²) in [6.07, 6.45) is 5.23. The van der Waals surface area contributed by atoms with E-state index in [1.165, 1.54) is 0 Å². The molecule has 2 atom stereocenters. The Kier molecular flexibility index (Phi) is 11.0. The van der Waals surface area contributed by atoms with Crippen LogP contribution in [0.4, 0.5) is 0 Å². The van der Waals surface area contributed by atoms with Crippen molar-refractivity contribution in [1.82, 2.24) is 0 Å². The van der Waals surface area contributed by atoms with Crippen LogP contribution in [0.5, 0.6) is 0 Å². The SMILES string of the molecule is CCCCOC(=O)C(CCCC)(CC(C)C)C(CC(C)C)C(=O)O. The number of carbonyl (C=O) groups excluding carboxylic acids is 1. The Morgan fingerprint density at radius 1 is 1.00 bits per heavy atom. The maximum Gasteiger partial charge on any atom is 0.312 e. The molecule has 4 nitrogen and oxygen atoms in total. The molecule has 0 radical (unpaired) electrons. The Bertz CT molecular complexity index is 376. The van der Waals surface area contributed by atoms with E-state index in [-0.39, 0.29) is 17.8 Å². The van der Waals surface area contributed by atoms with Crippen LogP contribution in [0.25, 0.3) is 0 Å². The summed E-state index contributed by atoms with van der Waals surface area (Å²) < 4.78 is 5.56. The van der Waals surface area contributed by atoms with Gasteiger partial charge in [-0.25, -0.2) is 0 Å². The third kappa shape index (κ3) is 7.23. The third-order valence-corrected chi connectivity index (χ3v) is 4.56. The average molecular weight is 343 g/mol. The second kappa shape index (κ2) is 11.5. The van der Waals surface area contributed by atoms with Gasteiger partial charge in [0, 0.05) is 0 Å². The maximum atomic E-state index is 13.0. The van der Waals surface area contributed by atoms with Gasteiger partial charge in [-0.15, -0.1) is 0 Å².